The van der Waals surface area contributed by atoms with Crippen LogP contribution in [0.2, 0.25) is 0 Å². The number of sulfone groups is 1. The Morgan fingerprint density at radius 1 is 1.30 bits per heavy atom. The fourth-order valence-corrected chi connectivity index (χ4v) is 3.68. The van der Waals surface area contributed by atoms with Crippen LogP contribution in [0.5, 0.6) is 0 Å². The van der Waals surface area contributed by atoms with E-state index in [4.69, 9.17) is 9.62 Å². The molecule has 1 heterocycles. The van der Waals surface area contributed by atoms with Crippen LogP contribution in [0.3, 0.4) is 0 Å². The van der Waals surface area contributed by atoms with Crippen LogP contribution in [-0.2, 0) is 9.84 Å². The van der Waals surface area contributed by atoms with Gasteiger partial charge in [0.2, 0.25) is 5.76 Å². The number of hydrogen-bond acceptors (Lipinski definition) is 6. The van der Waals surface area contributed by atoms with E-state index >= 15 is 0 Å². The summed E-state index contributed by atoms with van der Waals surface area (Å²) < 4.78 is 30.1. The Balaban J connectivity index is 2.23. The van der Waals surface area contributed by atoms with Crippen LogP contribution in [0.1, 0.15) is 40.5 Å². The molecular weight excluding hydrogens is 320 g/mol. The Bertz CT molecular complexity index is 809. The topological polar surface area (TPSA) is 110 Å². The zero-order chi connectivity index (χ0) is 17.2. The van der Waals surface area contributed by atoms with E-state index in [1.807, 2.05) is 6.92 Å². The van der Waals surface area contributed by atoms with Gasteiger partial charge in [-0.2, -0.15) is 0 Å². The molecular formula is C15H18N2O5S. The summed E-state index contributed by atoms with van der Waals surface area (Å²) in [7, 11) is -3.50. The lowest BCUT2D eigenvalue weighted by Crippen LogP contribution is -2.18. The third kappa shape index (κ3) is 3.77. The summed E-state index contributed by atoms with van der Waals surface area (Å²) in [5.41, 5.74) is 2.72. The van der Waals surface area contributed by atoms with Crippen LogP contribution < -0.4 is 5.48 Å². The van der Waals surface area contributed by atoms with Gasteiger partial charge in [-0.3, -0.25) is 10.0 Å². The first kappa shape index (κ1) is 17.2. The summed E-state index contributed by atoms with van der Waals surface area (Å²) in [5.74, 6) is -1.56. The number of benzene rings is 1. The van der Waals surface area contributed by atoms with Crippen molar-refractivity contribution in [2.45, 2.75) is 31.6 Å². The van der Waals surface area contributed by atoms with Crippen molar-refractivity contribution in [1.29, 1.82) is 0 Å². The highest BCUT2D eigenvalue weighted by atomic mass is 32.2. The van der Waals surface area contributed by atoms with Crippen molar-refractivity contribution in [2.24, 2.45) is 0 Å². The van der Waals surface area contributed by atoms with Crippen molar-refractivity contribution in [3.63, 3.8) is 0 Å². The van der Waals surface area contributed by atoms with Crippen LogP contribution in [0.25, 0.3) is 0 Å². The standard InChI is InChI=1S/C15H18N2O5S/c1-9-4-6-12(7-5-9)23(20,21)8-10(2)15-16-11(3)13(22-15)14(18)17-19/h4-7,10,19H,8H2,1-3H3,(H,17,18)/t10-/m0/s1. The van der Waals surface area contributed by atoms with Gasteiger partial charge in [0, 0.05) is 5.92 Å². The van der Waals surface area contributed by atoms with Crippen LogP contribution >= 0.6 is 0 Å². The quantitative estimate of drug-likeness (QED) is 0.637. The van der Waals surface area contributed by atoms with Gasteiger partial charge in [0.15, 0.2) is 15.7 Å². The highest BCUT2D eigenvalue weighted by Crippen LogP contribution is 2.23. The first-order chi connectivity index (χ1) is 10.7. The fraction of sp³-hybridized carbons (Fsp3) is 0.333. The summed E-state index contributed by atoms with van der Waals surface area (Å²) in [6.07, 6.45) is 0. The molecule has 8 heteroatoms. The number of amides is 1. The average molecular weight is 338 g/mol. The number of hydrogen-bond donors (Lipinski definition) is 2. The Hall–Kier alpha value is -2.19. The lowest BCUT2D eigenvalue weighted by atomic mass is 10.2. The van der Waals surface area contributed by atoms with E-state index in [-0.39, 0.29) is 28.0 Å². The Kier molecular flexibility index (Phi) is 4.86. The average Bonchev–Trinajstić information content (AvgIpc) is 2.88. The van der Waals surface area contributed by atoms with Gasteiger partial charge >= 0.3 is 5.91 Å². The monoisotopic (exact) mass is 338 g/mol. The van der Waals surface area contributed by atoms with E-state index in [9.17, 15) is 13.2 Å². The van der Waals surface area contributed by atoms with E-state index in [2.05, 4.69) is 4.98 Å². The molecule has 2 rings (SSSR count). The largest absolute Gasteiger partial charge is 0.435 e. The molecule has 2 N–H and O–H groups in total. The Morgan fingerprint density at radius 3 is 2.48 bits per heavy atom. The third-order valence-corrected chi connectivity index (χ3v) is 5.32. The lowest BCUT2D eigenvalue weighted by Gasteiger charge is -2.09. The molecule has 0 spiro atoms. The lowest BCUT2D eigenvalue weighted by molar-refractivity contribution is 0.0673. The molecule has 0 fully saturated rings. The molecule has 0 saturated carbocycles. The minimum absolute atomic E-state index is 0.136. The van der Waals surface area contributed by atoms with Gasteiger partial charge in [-0.05, 0) is 26.0 Å². The molecule has 124 valence electrons. The van der Waals surface area contributed by atoms with Gasteiger partial charge in [0.25, 0.3) is 0 Å². The number of carbonyl (C=O) groups excluding carboxylic acids is 1. The predicted molar refractivity (Wildman–Crippen MR) is 82.1 cm³/mol. The molecule has 1 atom stereocenters. The summed E-state index contributed by atoms with van der Waals surface area (Å²) in [6.45, 7) is 5.07. The number of oxazole rings is 1. The van der Waals surface area contributed by atoms with Crippen molar-refractivity contribution in [3.8, 4) is 0 Å². The maximum absolute atomic E-state index is 12.4. The first-order valence-electron chi connectivity index (χ1n) is 6.95. The first-order valence-corrected chi connectivity index (χ1v) is 8.61. The van der Waals surface area contributed by atoms with E-state index in [1.54, 1.807) is 38.1 Å². The molecule has 23 heavy (non-hydrogen) atoms. The summed E-state index contributed by atoms with van der Waals surface area (Å²) in [6, 6.07) is 6.58. The molecule has 2 aromatic rings. The number of nitrogens with one attached hydrogen (secondary N) is 1. The molecule has 0 aliphatic carbocycles. The summed E-state index contributed by atoms with van der Waals surface area (Å²) in [5, 5.41) is 8.63. The van der Waals surface area contributed by atoms with Crippen LogP contribution in [0.15, 0.2) is 33.6 Å². The zero-order valence-electron chi connectivity index (χ0n) is 13.0. The second kappa shape index (κ2) is 6.51. The van der Waals surface area contributed by atoms with E-state index < -0.39 is 21.7 Å². The fourth-order valence-electron chi connectivity index (χ4n) is 2.13. The number of aryl methyl sites for hydroxylation is 2. The molecule has 1 amide bonds. The second-order valence-electron chi connectivity index (χ2n) is 5.40. The summed E-state index contributed by atoms with van der Waals surface area (Å²) >= 11 is 0. The third-order valence-electron chi connectivity index (χ3n) is 3.39. The molecule has 1 aromatic heterocycles. The number of aromatic nitrogens is 1. The Labute approximate surface area is 134 Å². The van der Waals surface area contributed by atoms with Crippen molar-refractivity contribution >= 4 is 15.7 Å². The maximum Gasteiger partial charge on any atom is 0.312 e. The van der Waals surface area contributed by atoms with Crippen molar-refractivity contribution in [2.75, 3.05) is 5.75 Å². The number of carbonyl (C=O) groups is 1. The zero-order valence-corrected chi connectivity index (χ0v) is 13.8. The minimum Gasteiger partial charge on any atom is -0.435 e. The van der Waals surface area contributed by atoms with Crippen LogP contribution in [0.4, 0.5) is 0 Å². The van der Waals surface area contributed by atoms with Gasteiger partial charge < -0.3 is 4.42 Å². The normalized spacial score (nSPS) is 12.9. The molecule has 0 aliphatic heterocycles. The predicted octanol–water partition coefficient (Wildman–Crippen LogP) is 1.99. The molecule has 1 aromatic carbocycles. The van der Waals surface area contributed by atoms with Gasteiger partial charge in [-0.1, -0.05) is 24.6 Å². The van der Waals surface area contributed by atoms with Crippen LogP contribution in [0, 0.1) is 13.8 Å². The van der Waals surface area contributed by atoms with Gasteiger partial charge in [-0.15, -0.1) is 0 Å². The van der Waals surface area contributed by atoms with E-state index in [0.717, 1.165) is 5.56 Å². The smallest absolute Gasteiger partial charge is 0.312 e. The molecule has 0 radical (unpaired) electrons. The van der Waals surface area contributed by atoms with E-state index in [1.165, 1.54) is 5.48 Å². The highest BCUT2D eigenvalue weighted by Gasteiger charge is 2.25. The van der Waals surface area contributed by atoms with Crippen LogP contribution in [-0.4, -0.2) is 30.3 Å². The number of nitrogens with zero attached hydrogens (tertiary/aromatic N) is 1. The van der Waals surface area contributed by atoms with Crippen molar-refractivity contribution < 1.29 is 22.8 Å². The van der Waals surface area contributed by atoms with Gasteiger partial charge in [0.05, 0.1) is 16.3 Å². The Morgan fingerprint density at radius 2 is 1.91 bits per heavy atom. The molecule has 0 bridgehead atoms. The second-order valence-corrected chi connectivity index (χ2v) is 7.44. The van der Waals surface area contributed by atoms with Gasteiger partial charge in [0.1, 0.15) is 0 Å². The van der Waals surface area contributed by atoms with Crippen molar-refractivity contribution in [3.05, 3.63) is 47.2 Å². The molecule has 0 unspecified atom stereocenters. The van der Waals surface area contributed by atoms with Crippen molar-refractivity contribution in [1.82, 2.24) is 10.5 Å². The number of rotatable bonds is 5. The minimum atomic E-state index is -3.50. The van der Waals surface area contributed by atoms with Gasteiger partial charge in [-0.25, -0.2) is 18.9 Å². The summed E-state index contributed by atoms with van der Waals surface area (Å²) in [4.78, 5) is 15.7. The number of hydroxylamine groups is 1. The highest BCUT2D eigenvalue weighted by molar-refractivity contribution is 7.91. The SMILES string of the molecule is Cc1ccc(S(=O)(=O)C[C@H](C)c2nc(C)c(C(=O)NO)o2)cc1. The molecule has 0 aliphatic rings. The maximum atomic E-state index is 12.4. The molecule has 7 nitrogen and oxygen atoms in total. The van der Waals surface area contributed by atoms with E-state index in [0.29, 0.717) is 0 Å². The molecule has 0 saturated heterocycles.